The summed E-state index contributed by atoms with van der Waals surface area (Å²) < 4.78 is 2.04. The molecule has 0 radical (unpaired) electrons. The van der Waals surface area contributed by atoms with Gasteiger partial charge >= 0.3 is 0 Å². The first-order valence-corrected chi connectivity index (χ1v) is 7.78. The van der Waals surface area contributed by atoms with Gasteiger partial charge in [0, 0.05) is 18.4 Å². The third kappa shape index (κ3) is 2.47. The molecule has 20 heavy (non-hydrogen) atoms. The van der Waals surface area contributed by atoms with Crippen LogP contribution in [-0.2, 0) is 13.0 Å². The van der Waals surface area contributed by atoms with Gasteiger partial charge < -0.3 is 5.11 Å². The average molecular weight is 272 g/mol. The second kappa shape index (κ2) is 5.21. The Bertz CT molecular complexity index is 604. The van der Waals surface area contributed by atoms with E-state index in [1.54, 1.807) is 0 Å². The molecule has 3 rings (SSSR count). The van der Waals surface area contributed by atoms with Crippen molar-refractivity contribution in [3.8, 4) is 0 Å². The number of aryl methyl sites for hydroxylation is 1. The van der Waals surface area contributed by atoms with Crippen LogP contribution in [0.3, 0.4) is 0 Å². The smallest absolute Gasteiger partial charge is 0.0731 e. The predicted octanol–water partition coefficient (Wildman–Crippen LogP) is 3.54. The van der Waals surface area contributed by atoms with Crippen LogP contribution >= 0.6 is 0 Å². The van der Waals surface area contributed by atoms with E-state index in [0.717, 1.165) is 31.5 Å². The van der Waals surface area contributed by atoms with Gasteiger partial charge in [0.25, 0.3) is 0 Å². The van der Waals surface area contributed by atoms with Crippen molar-refractivity contribution >= 4 is 10.9 Å². The fourth-order valence-corrected chi connectivity index (χ4v) is 3.67. The number of para-hydroxylation sites is 1. The number of aromatic nitrogens is 2. The number of aliphatic hydroxyl groups is 1. The summed E-state index contributed by atoms with van der Waals surface area (Å²) in [5.74, 6) is 0.619. The van der Waals surface area contributed by atoms with Crippen molar-refractivity contribution in [3.05, 3.63) is 30.0 Å². The summed E-state index contributed by atoms with van der Waals surface area (Å²) in [6.07, 6.45) is 4.87. The first-order chi connectivity index (χ1) is 9.61. The number of hydrogen-bond acceptors (Lipinski definition) is 2. The van der Waals surface area contributed by atoms with Crippen LogP contribution in [0.5, 0.6) is 0 Å². The number of rotatable bonds is 3. The Morgan fingerprint density at radius 2 is 2.20 bits per heavy atom. The topological polar surface area (TPSA) is 38.0 Å². The van der Waals surface area contributed by atoms with Gasteiger partial charge in [-0.1, -0.05) is 38.0 Å². The van der Waals surface area contributed by atoms with Gasteiger partial charge in [-0.2, -0.15) is 5.10 Å². The van der Waals surface area contributed by atoms with Crippen LogP contribution in [0, 0.1) is 5.92 Å². The molecule has 0 spiro atoms. The largest absolute Gasteiger partial charge is 0.389 e. The quantitative estimate of drug-likeness (QED) is 0.928. The van der Waals surface area contributed by atoms with Crippen LogP contribution in [0.1, 0.15) is 45.2 Å². The molecule has 1 aliphatic rings. The van der Waals surface area contributed by atoms with Crippen LogP contribution in [0.4, 0.5) is 0 Å². The van der Waals surface area contributed by atoms with Gasteiger partial charge in [0.15, 0.2) is 0 Å². The maximum absolute atomic E-state index is 10.9. The molecule has 1 aliphatic carbocycles. The Kier molecular flexibility index (Phi) is 3.55. The van der Waals surface area contributed by atoms with Crippen LogP contribution in [0.2, 0.25) is 0 Å². The summed E-state index contributed by atoms with van der Waals surface area (Å²) >= 11 is 0. The molecule has 0 amide bonds. The molecule has 2 aromatic rings. The lowest BCUT2D eigenvalue weighted by molar-refractivity contribution is -0.0130. The monoisotopic (exact) mass is 272 g/mol. The van der Waals surface area contributed by atoms with E-state index in [0.29, 0.717) is 12.3 Å². The summed E-state index contributed by atoms with van der Waals surface area (Å²) in [5.41, 5.74) is 1.67. The summed E-state index contributed by atoms with van der Waals surface area (Å²) in [7, 11) is 0. The summed E-state index contributed by atoms with van der Waals surface area (Å²) in [4.78, 5) is 0. The van der Waals surface area contributed by atoms with E-state index in [1.165, 1.54) is 17.3 Å². The molecular formula is C17H24N2O. The highest BCUT2D eigenvalue weighted by atomic mass is 16.3. The minimum atomic E-state index is -0.562. The van der Waals surface area contributed by atoms with E-state index in [4.69, 9.17) is 5.10 Å². The SMILES string of the molecule is CCn1nc(CC2(O)CCCC(C)C2)c2ccccc21. The zero-order valence-electron chi connectivity index (χ0n) is 12.5. The Morgan fingerprint density at radius 3 is 2.95 bits per heavy atom. The molecule has 1 N–H and O–H groups in total. The molecule has 2 unspecified atom stereocenters. The van der Waals surface area contributed by atoms with Gasteiger partial charge in [-0.15, -0.1) is 0 Å². The second-order valence-electron chi connectivity index (χ2n) is 6.38. The molecule has 1 aromatic carbocycles. The minimum Gasteiger partial charge on any atom is -0.389 e. The Balaban J connectivity index is 1.94. The van der Waals surface area contributed by atoms with Crippen molar-refractivity contribution < 1.29 is 5.11 Å². The number of fused-ring (bicyclic) bond motifs is 1. The fraction of sp³-hybridized carbons (Fsp3) is 0.588. The minimum absolute atomic E-state index is 0.562. The van der Waals surface area contributed by atoms with Crippen LogP contribution in [-0.4, -0.2) is 20.5 Å². The first kappa shape index (κ1) is 13.6. The van der Waals surface area contributed by atoms with E-state index in [2.05, 4.69) is 38.1 Å². The van der Waals surface area contributed by atoms with Crippen molar-refractivity contribution in [2.75, 3.05) is 0 Å². The van der Waals surface area contributed by atoms with Gasteiger partial charge in [-0.25, -0.2) is 0 Å². The van der Waals surface area contributed by atoms with Gasteiger partial charge in [-0.3, -0.25) is 4.68 Å². The van der Waals surface area contributed by atoms with Gasteiger partial charge in [-0.05, 0) is 31.7 Å². The third-order valence-electron chi connectivity index (χ3n) is 4.60. The normalized spacial score (nSPS) is 27.1. The molecule has 1 heterocycles. The van der Waals surface area contributed by atoms with Gasteiger partial charge in [0.2, 0.25) is 0 Å². The van der Waals surface area contributed by atoms with E-state index >= 15 is 0 Å². The van der Waals surface area contributed by atoms with E-state index in [-0.39, 0.29) is 0 Å². The number of benzene rings is 1. The molecule has 2 atom stereocenters. The van der Waals surface area contributed by atoms with Crippen molar-refractivity contribution in [2.24, 2.45) is 5.92 Å². The maximum Gasteiger partial charge on any atom is 0.0731 e. The molecular weight excluding hydrogens is 248 g/mol. The van der Waals surface area contributed by atoms with Crippen LogP contribution < -0.4 is 0 Å². The molecule has 3 nitrogen and oxygen atoms in total. The predicted molar refractivity (Wildman–Crippen MR) is 81.7 cm³/mol. The van der Waals surface area contributed by atoms with Crippen LogP contribution in [0.25, 0.3) is 10.9 Å². The molecule has 0 saturated heterocycles. The molecule has 3 heteroatoms. The number of nitrogens with zero attached hydrogens (tertiary/aromatic N) is 2. The summed E-state index contributed by atoms with van der Waals surface area (Å²) in [6.45, 7) is 5.23. The van der Waals surface area contributed by atoms with Crippen molar-refractivity contribution in [1.82, 2.24) is 9.78 Å². The molecule has 1 saturated carbocycles. The molecule has 1 aromatic heterocycles. The Morgan fingerprint density at radius 1 is 1.40 bits per heavy atom. The Hall–Kier alpha value is -1.35. The highest BCUT2D eigenvalue weighted by molar-refractivity contribution is 5.82. The van der Waals surface area contributed by atoms with Crippen LogP contribution in [0.15, 0.2) is 24.3 Å². The highest BCUT2D eigenvalue weighted by Crippen LogP contribution is 2.35. The standard InChI is InChI=1S/C17H24N2O/c1-3-19-16-9-5-4-8-14(16)15(18-19)12-17(20)10-6-7-13(2)11-17/h4-5,8-9,13,20H,3,6-7,10-12H2,1-2H3. The zero-order chi connectivity index (χ0) is 14.2. The molecule has 108 valence electrons. The fourth-order valence-electron chi connectivity index (χ4n) is 3.67. The highest BCUT2D eigenvalue weighted by Gasteiger charge is 2.34. The number of hydrogen-bond donors (Lipinski definition) is 1. The van der Waals surface area contributed by atoms with Gasteiger partial charge in [0.1, 0.15) is 0 Å². The van der Waals surface area contributed by atoms with E-state index < -0.39 is 5.60 Å². The van der Waals surface area contributed by atoms with E-state index in [1.807, 2.05) is 4.68 Å². The zero-order valence-corrected chi connectivity index (χ0v) is 12.5. The first-order valence-electron chi connectivity index (χ1n) is 7.78. The van der Waals surface area contributed by atoms with Gasteiger partial charge in [0.05, 0.1) is 16.8 Å². The maximum atomic E-state index is 10.9. The molecule has 0 bridgehead atoms. The summed E-state index contributed by atoms with van der Waals surface area (Å²) in [6, 6.07) is 8.35. The van der Waals surface area contributed by atoms with Crippen molar-refractivity contribution in [2.45, 2.75) is 58.1 Å². The van der Waals surface area contributed by atoms with E-state index in [9.17, 15) is 5.11 Å². The molecule has 0 aliphatic heterocycles. The van der Waals surface area contributed by atoms with Crippen molar-refractivity contribution in [3.63, 3.8) is 0 Å². The lowest BCUT2D eigenvalue weighted by atomic mass is 9.76. The Labute approximate surface area is 120 Å². The average Bonchev–Trinajstić information content (AvgIpc) is 2.76. The summed E-state index contributed by atoms with van der Waals surface area (Å²) in [5, 5.41) is 16.8. The lowest BCUT2D eigenvalue weighted by Crippen LogP contribution is -2.37. The van der Waals surface area contributed by atoms with Crippen molar-refractivity contribution in [1.29, 1.82) is 0 Å². The second-order valence-corrected chi connectivity index (χ2v) is 6.38. The molecule has 1 fully saturated rings. The third-order valence-corrected chi connectivity index (χ3v) is 4.60. The lowest BCUT2D eigenvalue weighted by Gasteiger charge is -2.35.